The molecule has 0 amide bonds. The number of nitrogens with zero attached hydrogens (tertiary/aromatic N) is 3. The first kappa shape index (κ1) is 14.0. The van der Waals surface area contributed by atoms with Gasteiger partial charge in [0.05, 0.1) is 6.33 Å². The normalized spacial score (nSPS) is 30.8. The van der Waals surface area contributed by atoms with E-state index >= 15 is 0 Å². The Kier molecular flexibility index (Phi) is 3.60. The summed E-state index contributed by atoms with van der Waals surface area (Å²) in [6, 6.07) is 0.103. The van der Waals surface area contributed by atoms with Crippen molar-refractivity contribution in [1.29, 1.82) is 0 Å². The molecule has 1 aromatic rings. The number of fused-ring (bicyclic) bond motifs is 1. The third kappa shape index (κ3) is 2.08. The van der Waals surface area contributed by atoms with Gasteiger partial charge in [-0.1, -0.05) is 6.92 Å². The number of aromatic nitrogens is 2. The topological polar surface area (TPSA) is 67.2 Å². The van der Waals surface area contributed by atoms with Crippen LogP contribution >= 0.6 is 0 Å². The molecule has 3 rings (SSSR count). The SMILES string of the molecule is CCC1C2CNCC2CN1S(=O)(=O)c1cn(CC)cn1. The summed E-state index contributed by atoms with van der Waals surface area (Å²) >= 11 is 0. The van der Waals surface area contributed by atoms with Gasteiger partial charge in [0.1, 0.15) is 0 Å². The molecule has 6 nitrogen and oxygen atoms in total. The summed E-state index contributed by atoms with van der Waals surface area (Å²) < 4.78 is 29.1. The van der Waals surface area contributed by atoms with E-state index in [0.717, 1.165) is 26.1 Å². The Labute approximate surface area is 120 Å². The monoisotopic (exact) mass is 298 g/mol. The van der Waals surface area contributed by atoms with Gasteiger partial charge in [-0.25, -0.2) is 13.4 Å². The van der Waals surface area contributed by atoms with Crippen molar-refractivity contribution >= 4 is 10.0 Å². The maximum Gasteiger partial charge on any atom is 0.262 e. The first-order chi connectivity index (χ1) is 9.57. The highest BCUT2D eigenvalue weighted by Crippen LogP contribution is 2.37. The molecule has 2 aliphatic rings. The van der Waals surface area contributed by atoms with E-state index in [1.807, 2.05) is 6.92 Å². The van der Waals surface area contributed by atoms with Crippen molar-refractivity contribution in [3.8, 4) is 0 Å². The molecule has 1 aromatic heterocycles. The summed E-state index contributed by atoms with van der Waals surface area (Å²) in [5, 5.41) is 3.56. The molecular weight excluding hydrogens is 276 g/mol. The molecule has 7 heteroatoms. The van der Waals surface area contributed by atoms with Gasteiger partial charge in [0.25, 0.3) is 10.0 Å². The predicted octanol–water partition coefficient (Wildman–Crippen LogP) is 0.521. The molecular formula is C13H22N4O2S. The van der Waals surface area contributed by atoms with E-state index in [4.69, 9.17) is 0 Å². The van der Waals surface area contributed by atoms with Gasteiger partial charge in [-0.2, -0.15) is 4.31 Å². The van der Waals surface area contributed by atoms with Crippen molar-refractivity contribution in [2.45, 2.75) is 37.9 Å². The number of hydrogen-bond acceptors (Lipinski definition) is 4. The fourth-order valence-electron chi connectivity index (χ4n) is 3.53. The molecule has 0 bridgehead atoms. The Morgan fingerprint density at radius 2 is 2.20 bits per heavy atom. The Morgan fingerprint density at radius 3 is 2.85 bits per heavy atom. The zero-order valence-corrected chi connectivity index (χ0v) is 12.8. The molecule has 0 aliphatic carbocycles. The van der Waals surface area contributed by atoms with Gasteiger partial charge < -0.3 is 9.88 Å². The fraction of sp³-hybridized carbons (Fsp3) is 0.769. The summed E-state index contributed by atoms with van der Waals surface area (Å²) in [6.45, 7) is 7.25. The van der Waals surface area contributed by atoms with Crippen LogP contribution in [0.2, 0.25) is 0 Å². The fourth-order valence-corrected chi connectivity index (χ4v) is 5.27. The number of nitrogens with one attached hydrogen (secondary N) is 1. The van der Waals surface area contributed by atoms with Crippen LogP contribution in [0.15, 0.2) is 17.6 Å². The molecule has 0 saturated carbocycles. The van der Waals surface area contributed by atoms with Crippen LogP contribution in [0.3, 0.4) is 0 Å². The summed E-state index contributed by atoms with van der Waals surface area (Å²) in [4.78, 5) is 4.08. The van der Waals surface area contributed by atoms with E-state index in [1.54, 1.807) is 21.4 Å². The van der Waals surface area contributed by atoms with Crippen LogP contribution in [-0.2, 0) is 16.6 Å². The largest absolute Gasteiger partial charge is 0.336 e. The van der Waals surface area contributed by atoms with Crippen molar-refractivity contribution < 1.29 is 8.42 Å². The number of imidazole rings is 1. The van der Waals surface area contributed by atoms with Crippen LogP contribution in [0.5, 0.6) is 0 Å². The molecule has 0 radical (unpaired) electrons. The first-order valence-corrected chi connectivity index (χ1v) is 8.76. The van der Waals surface area contributed by atoms with E-state index in [1.165, 1.54) is 0 Å². The zero-order chi connectivity index (χ0) is 14.3. The Balaban J connectivity index is 1.91. The van der Waals surface area contributed by atoms with Crippen LogP contribution in [0, 0.1) is 11.8 Å². The van der Waals surface area contributed by atoms with Crippen molar-refractivity contribution in [2.24, 2.45) is 11.8 Å². The second-order valence-electron chi connectivity index (χ2n) is 5.67. The van der Waals surface area contributed by atoms with Crippen molar-refractivity contribution in [3.63, 3.8) is 0 Å². The van der Waals surface area contributed by atoms with Gasteiger partial charge in [-0.15, -0.1) is 0 Å². The lowest BCUT2D eigenvalue weighted by atomic mass is 9.93. The molecule has 3 unspecified atom stereocenters. The number of aryl methyl sites for hydroxylation is 1. The van der Waals surface area contributed by atoms with E-state index in [-0.39, 0.29) is 11.1 Å². The molecule has 1 N–H and O–H groups in total. The van der Waals surface area contributed by atoms with Gasteiger partial charge in [-0.3, -0.25) is 0 Å². The molecule has 3 atom stereocenters. The van der Waals surface area contributed by atoms with Gasteiger partial charge in [0, 0.05) is 25.3 Å². The average molecular weight is 298 g/mol. The van der Waals surface area contributed by atoms with Crippen LogP contribution in [0.25, 0.3) is 0 Å². The van der Waals surface area contributed by atoms with Crippen LogP contribution in [0.4, 0.5) is 0 Å². The van der Waals surface area contributed by atoms with Gasteiger partial charge >= 0.3 is 0 Å². The molecule has 112 valence electrons. The second kappa shape index (κ2) is 5.13. The highest BCUT2D eigenvalue weighted by molar-refractivity contribution is 7.89. The zero-order valence-electron chi connectivity index (χ0n) is 12.0. The summed E-state index contributed by atoms with van der Waals surface area (Å²) in [7, 11) is -3.46. The lowest BCUT2D eigenvalue weighted by molar-refractivity contribution is 0.328. The predicted molar refractivity (Wildman–Crippen MR) is 75.7 cm³/mol. The molecule has 2 aliphatic heterocycles. The van der Waals surface area contributed by atoms with Gasteiger partial charge in [0.2, 0.25) is 0 Å². The van der Waals surface area contributed by atoms with E-state index in [0.29, 0.717) is 18.4 Å². The average Bonchev–Trinajstić information content (AvgIpc) is 3.13. The van der Waals surface area contributed by atoms with Gasteiger partial charge in [-0.05, 0) is 38.3 Å². The minimum absolute atomic E-state index is 0.103. The third-order valence-corrected chi connectivity index (χ3v) is 6.41. The molecule has 0 spiro atoms. The molecule has 20 heavy (non-hydrogen) atoms. The number of hydrogen-bond donors (Lipinski definition) is 1. The maximum absolute atomic E-state index is 12.8. The van der Waals surface area contributed by atoms with Crippen molar-refractivity contribution in [1.82, 2.24) is 19.2 Å². The minimum atomic E-state index is -3.46. The minimum Gasteiger partial charge on any atom is -0.336 e. The Morgan fingerprint density at radius 1 is 1.40 bits per heavy atom. The molecule has 0 aromatic carbocycles. The van der Waals surface area contributed by atoms with Crippen LogP contribution in [0.1, 0.15) is 20.3 Å². The first-order valence-electron chi connectivity index (χ1n) is 7.32. The van der Waals surface area contributed by atoms with E-state index in [2.05, 4.69) is 17.2 Å². The lowest BCUT2D eigenvalue weighted by Gasteiger charge is -2.25. The third-order valence-electron chi connectivity index (χ3n) is 4.64. The molecule has 2 saturated heterocycles. The summed E-state index contributed by atoms with van der Waals surface area (Å²) in [5.74, 6) is 0.894. The van der Waals surface area contributed by atoms with Gasteiger partial charge in [0.15, 0.2) is 5.03 Å². The highest BCUT2D eigenvalue weighted by atomic mass is 32.2. The number of sulfonamides is 1. The summed E-state index contributed by atoms with van der Waals surface area (Å²) in [5.41, 5.74) is 0. The second-order valence-corrected chi connectivity index (χ2v) is 7.51. The van der Waals surface area contributed by atoms with E-state index < -0.39 is 10.0 Å². The smallest absolute Gasteiger partial charge is 0.262 e. The Hall–Kier alpha value is -0.920. The van der Waals surface area contributed by atoms with Crippen LogP contribution in [-0.4, -0.2) is 48.0 Å². The van der Waals surface area contributed by atoms with Crippen LogP contribution < -0.4 is 5.32 Å². The van der Waals surface area contributed by atoms with Crippen molar-refractivity contribution in [2.75, 3.05) is 19.6 Å². The Bertz CT molecular complexity index is 583. The summed E-state index contributed by atoms with van der Waals surface area (Å²) in [6.07, 6.45) is 4.08. The van der Waals surface area contributed by atoms with E-state index in [9.17, 15) is 8.42 Å². The molecule has 3 heterocycles. The highest BCUT2D eigenvalue weighted by Gasteiger charge is 2.48. The standard InChI is InChI=1S/C13H22N4O2S/c1-3-12-11-6-14-5-10(11)7-17(12)20(18,19)13-8-16(4-2)9-15-13/h8-12,14H,3-7H2,1-2H3. The quantitative estimate of drug-likeness (QED) is 0.880. The van der Waals surface area contributed by atoms with Crippen molar-refractivity contribution in [3.05, 3.63) is 12.5 Å². The molecule has 2 fully saturated rings. The lowest BCUT2D eigenvalue weighted by Crippen LogP contribution is -2.39. The maximum atomic E-state index is 12.8. The number of rotatable bonds is 4.